The first-order valence-corrected chi connectivity index (χ1v) is 9.36. The fourth-order valence-electron chi connectivity index (χ4n) is 4.40. The highest BCUT2D eigenvalue weighted by molar-refractivity contribution is 5.94. The average Bonchev–Trinajstić information content (AvgIpc) is 2.70. The normalized spacial score (nSPS) is 24.8. The Hall–Kier alpha value is -2.93. The number of likely N-dealkylation sites (tertiary alicyclic amines) is 1. The molecular formula is C21H23N3O4. The molecule has 7 heteroatoms. The fourth-order valence-corrected chi connectivity index (χ4v) is 4.40. The van der Waals surface area contributed by atoms with Gasteiger partial charge in [0.1, 0.15) is 12.7 Å². The van der Waals surface area contributed by atoms with Crippen LogP contribution in [0.2, 0.25) is 0 Å². The molecule has 0 bridgehead atoms. The molecule has 1 aromatic carbocycles. The Kier molecular flexibility index (Phi) is 4.55. The van der Waals surface area contributed by atoms with Gasteiger partial charge in [0.05, 0.1) is 5.54 Å². The Labute approximate surface area is 162 Å². The van der Waals surface area contributed by atoms with Gasteiger partial charge in [0.15, 0.2) is 0 Å². The van der Waals surface area contributed by atoms with Crippen LogP contribution in [-0.2, 0) is 15.1 Å². The predicted octanol–water partition coefficient (Wildman–Crippen LogP) is 1.28. The van der Waals surface area contributed by atoms with Gasteiger partial charge in [0.2, 0.25) is 11.5 Å². The van der Waals surface area contributed by atoms with Gasteiger partial charge in [-0.3, -0.25) is 14.4 Å². The minimum absolute atomic E-state index is 0.00188. The van der Waals surface area contributed by atoms with E-state index in [0.717, 1.165) is 5.56 Å². The van der Waals surface area contributed by atoms with E-state index in [1.165, 1.54) is 6.07 Å². The number of morpholine rings is 1. The van der Waals surface area contributed by atoms with Gasteiger partial charge in [0.25, 0.3) is 5.91 Å². The lowest BCUT2D eigenvalue weighted by molar-refractivity contribution is -0.180. The maximum absolute atomic E-state index is 13.0. The van der Waals surface area contributed by atoms with Gasteiger partial charge in [-0.05, 0) is 25.0 Å². The molecule has 0 radical (unpaired) electrons. The summed E-state index contributed by atoms with van der Waals surface area (Å²) in [5.74, 6) is -0.260. The Balaban J connectivity index is 1.66. The number of hydrogen-bond donors (Lipinski definition) is 1. The first-order valence-electron chi connectivity index (χ1n) is 9.36. The van der Waals surface area contributed by atoms with Crippen molar-refractivity contribution in [3.05, 3.63) is 69.6 Å². The number of fused-ring (bicyclic) bond motifs is 1. The molecule has 2 amide bonds. The summed E-state index contributed by atoms with van der Waals surface area (Å²) in [5, 5.41) is 0. The number of aromatic amines is 1. The van der Waals surface area contributed by atoms with Crippen LogP contribution < -0.4 is 5.56 Å². The van der Waals surface area contributed by atoms with Crippen LogP contribution in [0.15, 0.2) is 47.3 Å². The number of carbonyl (C=O) groups excluding carboxylic acids is 2. The highest BCUT2D eigenvalue weighted by Crippen LogP contribution is 2.42. The Morgan fingerprint density at radius 2 is 1.96 bits per heavy atom. The van der Waals surface area contributed by atoms with Gasteiger partial charge in [-0.25, -0.2) is 0 Å². The van der Waals surface area contributed by atoms with Crippen LogP contribution in [0.4, 0.5) is 0 Å². The second-order valence-electron chi connectivity index (χ2n) is 7.46. The Morgan fingerprint density at radius 3 is 2.68 bits per heavy atom. The number of aryl methyl sites for hydroxylation is 1. The van der Waals surface area contributed by atoms with E-state index in [1.54, 1.807) is 22.8 Å². The highest BCUT2D eigenvalue weighted by atomic mass is 16.5. The van der Waals surface area contributed by atoms with Crippen molar-refractivity contribution in [1.82, 2.24) is 14.8 Å². The van der Waals surface area contributed by atoms with Crippen LogP contribution in [0.1, 0.15) is 28.0 Å². The van der Waals surface area contributed by atoms with Crippen LogP contribution in [0.3, 0.4) is 0 Å². The number of ether oxygens (including phenoxy) is 1. The molecule has 1 N–H and O–H groups in total. The summed E-state index contributed by atoms with van der Waals surface area (Å²) in [4.78, 5) is 43.3. The van der Waals surface area contributed by atoms with Crippen LogP contribution in [0.25, 0.3) is 0 Å². The van der Waals surface area contributed by atoms with Crippen LogP contribution in [-0.4, -0.2) is 59.4 Å². The van der Waals surface area contributed by atoms with Crippen LogP contribution in [0, 0.1) is 6.92 Å². The van der Waals surface area contributed by atoms with Crippen molar-refractivity contribution >= 4 is 11.8 Å². The number of amides is 2. The van der Waals surface area contributed by atoms with E-state index in [2.05, 4.69) is 4.98 Å². The van der Waals surface area contributed by atoms with Crippen molar-refractivity contribution in [2.75, 3.05) is 26.7 Å². The molecule has 0 unspecified atom stereocenters. The maximum Gasteiger partial charge on any atom is 0.254 e. The minimum Gasteiger partial charge on any atom is -0.364 e. The van der Waals surface area contributed by atoms with E-state index in [4.69, 9.17) is 4.74 Å². The number of benzene rings is 1. The molecule has 2 fully saturated rings. The second kappa shape index (κ2) is 6.91. The van der Waals surface area contributed by atoms with Gasteiger partial charge >= 0.3 is 0 Å². The van der Waals surface area contributed by atoms with Gasteiger partial charge < -0.3 is 19.5 Å². The molecule has 2 aliphatic heterocycles. The first-order chi connectivity index (χ1) is 13.4. The number of aromatic nitrogens is 1. The number of pyridine rings is 1. The molecule has 2 aromatic rings. The molecule has 0 spiro atoms. The molecule has 146 valence electrons. The molecule has 2 saturated heterocycles. The number of likely N-dealkylation sites (N-methyl/N-ethyl adjacent to an activating group) is 1. The van der Waals surface area contributed by atoms with Crippen LogP contribution >= 0.6 is 0 Å². The molecule has 0 aliphatic carbocycles. The first kappa shape index (κ1) is 18.4. The molecule has 28 heavy (non-hydrogen) atoms. The van der Waals surface area contributed by atoms with E-state index in [1.807, 2.05) is 37.4 Å². The summed E-state index contributed by atoms with van der Waals surface area (Å²) in [7, 11) is 1.81. The molecule has 2 aliphatic rings. The fraction of sp³-hybridized carbons (Fsp3) is 0.381. The molecule has 0 saturated carbocycles. The molecular weight excluding hydrogens is 358 g/mol. The standard InChI is InChI=1S/C21H23N3O4/c1-14-10-15(11-18(25)22-14)20(27)24-9-8-21(16-6-4-3-5-7-16)17(12-24)28-13-19(26)23(21)2/h3-7,10-11,17H,8-9,12-13H2,1-2H3,(H,22,25)/t17-,21+/m1/s1. The Bertz CT molecular complexity index is 971. The second-order valence-corrected chi connectivity index (χ2v) is 7.46. The zero-order chi connectivity index (χ0) is 19.9. The number of nitrogens with one attached hydrogen (secondary N) is 1. The van der Waals surface area contributed by atoms with E-state index in [9.17, 15) is 14.4 Å². The third-order valence-corrected chi connectivity index (χ3v) is 5.85. The SMILES string of the molecule is Cc1cc(C(=O)N2CC[C@]3(c4ccccc4)[C@@H](C2)OCC(=O)N3C)cc(=O)[nH]1. The number of hydrogen-bond acceptors (Lipinski definition) is 4. The predicted molar refractivity (Wildman–Crippen MR) is 103 cm³/mol. The lowest BCUT2D eigenvalue weighted by atomic mass is 9.76. The minimum atomic E-state index is -0.600. The lowest BCUT2D eigenvalue weighted by Crippen LogP contribution is -2.67. The summed E-state index contributed by atoms with van der Waals surface area (Å²) in [6.45, 7) is 2.58. The number of nitrogens with zero attached hydrogens (tertiary/aromatic N) is 2. The number of piperidine rings is 1. The number of H-pyrrole nitrogens is 1. The van der Waals surface area contributed by atoms with Crippen molar-refractivity contribution in [1.29, 1.82) is 0 Å². The van der Waals surface area contributed by atoms with E-state index < -0.39 is 5.54 Å². The van der Waals surface area contributed by atoms with E-state index in [0.29, 0.717) is 30.8 Å². The van der Waals surface area contributed by atoms with Crippen molar-refractivity contribution in [2.45, 2.75) is 25.0 Å². The zero-order valence-electron chi connectivity index (χ0n) is 16.0. The smallest absolute Gasteiger partial charge is 0.254 e. The van der Waals surface area contributed by atoms with Crippen molar-refractivity contribution in [3.8, 4) is 0 Å². The maximum atomic E-state index is 13.0. The van der Waals surface area contributed by atoms with Crippen molar-refractivity contribution in [3.63, 3.8) is 0 Å². The molecule has 7 nitrogen and oxygen atoms in total. The van der Waals surface area contributed by atoms with E-state index in [-0.39, 0.29) is 30.1 Å². The summed E-state index contributed by atoms with van der Waals surface area (Å²) in [5.41, 5.74) is 1.13. The summed E-state index contributed by atoms with van der Waals surface area (Å²) < 4.78 is 5.93. The third-order valence-electron chi connectivity index (χ3n) is 5.85. The molecule has 3 heterocycles. The lowest BCUT2D eigenvalue weighted by Gasteiger charge is -2.54. The Morgan fingerprint density at radius 1 is 1.21 bits per heavy atom. The molecule has 1 aromatic heterocycles. The average molecular weight is 381 g/mol. The highest BCUT2D eigenvalue weighted by Gasteiger charge is 2.53. The quantitative estimate of drug-likeness (QED) is 0.850. The van der Waals surface area contributed by atoms with Crippen molar-refractivity contribution < 1.29 is 14.3 Å². The topological polar surface area (TPSA) is 82.7 Å². The monoisotopic (exact) mass is 381 g/mol. The summed E-state index contributed by atoms with van der Waals surface area (Å²) in [6.07, 6.45) is 0.232. The number of rotatable bonds is 2. The molecule has 2 atom stereocenters. The third kappa shape index (κ3) is 2.92. The van der Waals surface area contributed by atoms with Crippen molar-refractivity contribution in [2.24, 2.45) is 0 Å². The van der Waals surface area contributed by atoms with Gasteiger partial charge in [-0.2, -0.15) is 0 Å². The summed E-state index contributed by atoms with van der Waals surface area (Å²) in [6, 6.07) is 12.8. The van der Waals surface area contributed by atoms with Gasteiger partial charge in [0, 0.05) is 37.5 Å². The van der Waals surface area contributed by atoms with E-state index >= 15 is 0 Å². The number of carbonyl (C=O) groups is 2. The van der Waals surface area contributed by atoms with Crippen LogP contribution in [0.5, 0.6) is 0 Å². The zero-order valence-corrected chi connectivity index (χ0v) is 16.0. The molecule has 4 rings (SSSR count). The van der Waals surface area contributed by atoms with Gasteiger partial charge in [-0.15, -0.1) is 0 Å². The largest absolute Gasteiger partial charge is 0.364 e. The summed E-state index contributed by atoms with van der Waals surface area (Å²) >= 11 is 0. The van der Waals surface area contributed by atoms with Gasteiger partial charge in [-0.1, -0.05) is 30.3 Å².